The maximum atomic E-state index is 14.1. The van der Waals surface area contributed by atoms with Gasteiger partial charge in [0.2, 0.25) is 0 Å². The van der Waals surface area contributed by atoms with Gasteiger partial charge in [-0.3, -0.25) is 0 Å². The van der Waals surface area contributed by atoms with Crippen molar-refractivity contribution in [1.29, 1.82) is 0 Å². The Morgan fingerprint density at radius 2 is 1.36 bits per heavy atom. The zero-order valence-corrected chi connectivity index (χ0v) is 24.1. The van der Waals surface area contributed by atoms with Gasteiger partial charge in [0.1, 0.15) is 0 Å². The van der Waals surface area contributed by atoms with Gasteiger partial charge < -0.3 is 0 Å². The Bertz CT molecular complexity index is 2160. The molecule has 6 atom stereocenters. The fourth-order valence-corrected chi connectivity index (χ4v) is 96.9. The number of carbonyl (C=O) groups excluding carboxylic acids is 1. The predicted octanol–water partition coefficient (Wildman–Crippen LogP) is 7.97. The number of aliphatic hydroxyl groups is 1. The first-order chi connectivity index (χ1) is 20.2. The van der Waals surface area contributed by atoms with Crippen LogP contribution in [0, 0.1) is 0 Å². The van der Waals surface area contributed by atoms with E-state index in [4.69, 9.17) is 0 Å². The molecule has 1 spiro atoms. The first-order valence-electron chi connectivity index (χ1n) is 15.8. The zero-order valence-electron chi connectivity index (χ0n) is 23.0. The maximum absolute atomic E-state index is 14.1. The van der Waals surface area contributed by atoms with Crippen molar-refractivity contribution in [3.05, 3.63) is 101 Å². The van der Waals surface area contributed by atoms with Gasteiger partial charge in [-0.2, -0.15) is 0 Å². The summed E-state index contributed by atoms with van der Waals surface area (Å²) in [5.41, 5.74) is 4.68. The Kier molecular flexibility index (Phi) is 1.67. The van der Waals surface area contributed by atoms with E-state index in [1.165, 1.54) is 33.7 Å². The Balaban J connectivity index is 0.861. The van der Waals surface area contributed by atoms with Crippen LogP contribution in [0.15, 0.2) is 78.9 Å². The second kappa shape index (κ2) is 3.37. The second-order valence-electron chi connectivity index (χ2n) is 17.6. The number of aromatic hydroxyl groups is 2. The van der Waals surface area contributed by atoms with Gasteiger partial charge in [0.05, 0.1) is 0 Å². The number of carbonyl (C=O) groups is 1. The van der Waals surface area contributed by atoms with Gasteiger partial charge in [-0.25, -0.2) is 0 Å². The van der Waals surface area contributed by atoms with Gasteiger partial charge in [-0.1, -0.05) is 0 Å². The van der Waals surface area contributed by atoms with Crippen molar-refractivity contribution in [3.8, 4) is 11.5 Å². The number of rotatable bonds is 8. The molecule has 10 saturated heterocycles. The molecule has 0 radical (unpaired) electrons. The molecular formula is C36H33FeNO4. The van der Waals surface area contributed by atoms with Crippen LogP contribution in [-0.4, -0.2) is 32.2 Å². The Hall–Kier alpha value is -3.05. The minimum absolute atomic E-state index is 0.0727. The molecule has 214 valence electrons. The standard InChI is InChI=1S/C31H28NO4.C5H5.Fe/c33-24-17-13-21(14-18-24)26(22-15-19-25(34)20-16-22)9-5-6-12-29(23-7-1-2-8-23)32-30(35)27-10-3-4-11-28(27)31(32)36;1-2-4-5-3-1;/h1-4,7-11,13-20,29-30,33-35H,5-6,12H2;1-5H;. The van der Waals surface area contributed by atoms with E-state index in [0.29, 0.717) is 9.88 Å². The molecule has 11 aliphatic rings. The molecule has 0 aromatic heterocycles. The number of aliphatic hydroxyl groups excluding tert-OH is 1. The number of amides is 1. The molecule has 6 heteroatoms. The normalized spacial score (nSPS) is 58.9. The van der Waals surface area contributed by atoms with Crippen LogP contribution in [0.1, 0.15) is 52.5 Å². The molecule has 0 saturated carbocycles. The molecular weight excluding hydrogens is 566 g/mol. The van der Waals surface area contributed by atoms with Crippen molar-refractivity contribution in [2.24, 2.45) is 0 Å². The van der Waals surface area contributed by atoms with Gasteiger partial charge in [-0.05, 0) is 0 Å². The van der Waals surface area contributed by atoms with Crippen LogP contribution in [0.25, 0.3) is 5.57 Å². The number of phenolic OH excluding ortho intramolecular Hbond substituents is 2. The monoisotopic (exact) mass is 599 g/mol. The van der Waals surface area contributed by atoms with E-state index in [-0.39, 0.29) is 23.4 Å². The SMILES string of the molecule is O=C1c2ccccc2C(O)N1C(CCCC=C(c1ccc(O)cc1)c1ccc(O)cc1)[C]12[CH]3[CH]4[CH]5[CH]1[Fe]45321678[CH]2[CH]1[CH]6[CH]7[CH]28. The number of unbranched alkanes of at least 4 members (excludes halogenated alkanes) is 1. The van der Waals surface area contributed by atoms with Gasteiger partial charge in [-0.15, -0.1) is 0 Å². The number of hydrogen-bond acceptors (Lipinski definition) is 4. The average Bonchev–Trinajstić information content (AvgIpc) is 3.93. The fraction of sp³-hybridized carbons (Fsp3) is 0.417. The van der Waals surface area contributed by atoms with Crippen molar-refractivity contribution >= 4 is 11.5 Å². The topological polar surface area (TPSA) is 81.0 Å². The molecule has 3 aromatic carbocycles. The van der Waals surface area contributed by atoms with Crippen LogP contribution in [0.3, 0.4) is 0 Å². The van der Waals surface area contributed by atoms with Crippen LogP contribution in [0.4, 0.5) is 0 Å². The summed E-state index contributed by atoms with van der Waals surface area (Å²) in [6, 6.07) is 22.6. The van der Waals surface area contributed by atoms with Crippen LogP contribution in [0.5, 0.6) is 11.5 Å². The molecule has 3 N–H and O–H groups in total. The number of phenols is 2. The average molecular weight is 600 g/mol. The zero-order chi connectivity index (χ0) is 27.7. The molecule has 11 heterocycles. The Labute approximate surface area is 234 Å². The molecule has 0 bridgehead atoms. The van der Waals surface area contributed by atoms with Crippen molar-refractivity contribution in [2.75, 3.05) is 0 Å². The van der Waals surface area contributed by atoms with E-state index < -0.39 is 12.7 Å². The third kappa shape index (κ3) is 0.601. The van der Waals surface area contributed by atoms with Crippen LogP contribution < -0.4 is 0 Å². The first-order valence-corrected chi connectivity index (χ1v) is 22.1. The molecule has 5 nitrogen and oxygen atoms in total. The van der Waals surface area contributed by atoms with Crippen molar-refractivity contribution < 1.29 is 26.6 Å². The van der Waals surface area contributed by atoms with E-state index in [1.54, 1.807) is 24.3 Å². The summed E-state index contributed by atoms with van der Waals surface area (Å²) in [5.74, 6) is 0.562. The van der Waals surface area contributed by atoms with E-state index in [2.05, 4.69) is 6.08 Å². The van der Waals surface area contributed by atoms with E-state index in [9.17, 15) is 20.1 Å². The molecule has 6 unspecified atom stereocenters. The van der Waals surface area contributed by atoms with Crippen LogP contribution >= 0.6 is 0 Å². The first kappa shape index (κ1) is 20.8. The summed E-state index contributed by atoms with van der Waals surface area (Å²) in [6.45, 7) is -3.58. The van der Waals surface area contributed by atoms with Crippen LogP contribution in [0.2, 0.25) is 47.7 Å². The number of hydrogen-bond donors (Lipinski definition) is 3. The summed E-state index contributed by atoms with van der Waals surface area (Å²) in [7, 11) is 0. The summed E-state index contributed by atoms with van der Waals surface area (Å²) in [4.78, 5) is 26.4. The molecule has 3 aromatic rings. The second-order valence-corrected chi connectivity index (χ2v) is 41.2. The molecule has 1 amide bonds. The minimum atomic E-state index is -3.58. The van der Waals surface area contributed by atoms with E-state index >= 15 is 0 Å². The molecule has 42 heavy (non-hydrogen) atoms. The Morgan fingerprint density at radius 1 is 0.810 bits per heavy atom. The third-order valence-corrected chi connectivity index (χ3v) is 63.7. The van der Waals surface area contributed by atoms with Gasteiger partial charge in [0, 0.05) is 0 Å². The molecule has 14 rings (SSSR count). The summed E-state index contributed by atoms with van der Waals surface area (Å²) in [6.07, 6.45) is 4.33. The van der Waals surface area contributed by atoms with Crippen molar-refractivity contribution in [1.82, 2.24) is 4.90 Å². The summed E-state index contributed by atoms with van der Waals surface area (Å²) in [5, 5.41) is 31.5. The van der Waals surface area contributed by atoms with Crippen molar-refractivity contribution in [2.45, 2.75) is 79.2 Å². The summed E-state index contributed by atoms with van der Waals surface area (Å²) >= 11 is 0. The van der Waals surface area contributed by atoms with Crippen LogP contribution in [-0.2, 0) is 6.51 Å². The van der Waals surface area contributed by atoms with Crippen molar-refractivity contribution in [3.63, 3.8) is 0 Å². The molecule has 11 aliphatic heterocycles. The van der Waals surface area contributed by atoms with E-state index in [1.807, 2.05) is 53.4 Å². The molecule has 0 aliphatic carbocycles. The summed E-state index contributed by atoms with van der Waals surface area (Å²) < 4.78 is 0.484. The number of allylic oxidation sites excluding steroid dienone is 1. The van der Waals surface area contributed by atoms with Gasteiger partial charge in [0.25, 0.3) is 0 Å². The quantitative estimate of drug-likeness (QED) is 0.181. The van der Waals surface area contributed by atoms with Gasteiger partial charge in [0.15, 0.2) is 0 Å². The third-order valence-electron chi connectivity index (χ3n) is 21.0. The Morgan fingerprint density at radius 3 is 1.83 bits per heavy atom. The fourth-order valence-electron chi connectivity index (χ4n) is 21.7. The number of benzene rings is 3. The number of fused-ring (bicyclic) bond motifs is 11. The number of nitrogens with zero attached hydrogens (tertiary/aromatic N) is 1. The van der Waals surface area contributed by atoms with Gasteiger partial charge >= 0.3 is 235 Å². The van der Waals surface area contributed by atoms with E-state index in [0.717, 1.165) is 51.2 Å². The molecule has 10 fully saturated rings. The predicted molar refractivity (Wildman–Crippen MR) is 155 cm³/mol.